The molecule has 0 saturated heterocycles. The molecule has 0 aromatic rings. The second-order valence-corrected chi connectivity index (χ2v) is 4.48. The van der Waals surface area contributed by atoms with Gasteiger partial charge in [0.05, 0.1) is 11.5 Å². The van der Waals surface area contributed by atoms with Gasteiger partial charge in [0.2, 0.25) is 0 Å². The highest BCUT2D eigenvalue weighted by Crippen LogP contribution is 2.48. The molecule has 3 heteroatoms. The zero-order chi connectivity index (χ0) is 10.8. The minimum Gasteiger partial charge on any atom is -0.381 e. The number of rotatable bonds is 3. The van der Waals surface area contributed by atoms with E-state index in [1.54, 1.807) is 0 Å². The van der Waals surface area contributed by atoms with Crippen molar-refractivity contribution in [1.82, 2.24) is 0 Å². The van der Waals surface area contributed by atoms with Crippen molar-refractivity contribution in [3.8, 4) is 6.07 Å². The summed E-state index contributed by atoms with van der Waals surface area (Å²) < 4.78 is 0. The van der Waals surface area contributed by atoms with Crippen molar-refractivity contribution >= 4 is 6.29 Å². The van der Waals surface area contributed by atoms with Crippen LogP contribution in [0.4, 0.5) is 0 Å². The molecule has 3 atom stereocenters. The summed E-state index contributed by atoms with van der Waals surface area (Å²) in [6.45, 7) is 3.52. The summed E-state index contributed by atoms with van der Waals surface area (Å²) in [5.41, 5.74) is -2.35. The maximum Gasteiger partial charge on any atom is 0.152 e. The Morgan fingerprint density at radius 3 is 2.79 bits per heavy atom. The molecule has 1 saturated carbocycles. The van der Waals surface area contributed by atoms with Gasteiger partial charge in [-0.05, 0) is 32.1 Å². The van der Waals surface area contributed by atoms with Crippen LogP contribution in [0.25, 0.3) is 0 Å². The molecule has 1 fully saturated rings. The van der Waals surface area contributed by atoms with Crippen LogP contribution in [-0.4, -0.2) is 17.0 Å². The Morgan fingerprint density at radius 2 is 2.43 bits per heavy atom. The lowest BCUT2D eigenvalue weighted by molar-refractivity contribution is -0.132. The summed E-state index contributed by atoms with van der Waals surface area (Å²) in [5.74, 6) is 0.473. The first-order chi connectivity index (χ1) is 6.51. The molecule has 0 bridgehead atoms. The van der Waals surface area contributed by atoms with Gasteiger partial charge in [-0.3, -0.25) is 0 Å². The number of aldehydes is 1. The highest BCUT2D eigenvalue weighted by Gasteiger charge is 2.51. The Hall–Kier alpha value is -0.880. The molecule has 1 aliphatic carbocycles. The Bertz CT molecular complexity index is 267. The number of aliphatic hydroxyl groups is 1. The van der Waals surface area contributed by atoms with Crippen LogP contribution in [0.15, 0.2) is 0 Å². The zero-order valence-electron chi connectivity index (χ0n) is 8.79. The van der Waals surface area contributed by atoms with Crippen molar-refractivity contribution < 1.29 is 9.90 Å². The first-order valence-electron chi connectivity index (χ1n) is 5.11. The van der Waals surface area contributed by atoms with Gasteiger partial charge in [0.25, 0.3) is 0 Å². The van der Waals surface area contributed by atoms with Gasteiger partial charge in [-0.2, -0.15) is 5.26 Å². The van der Waals surface area contributed by atoms with Gasteiger partial charge in [-0.15, -0.1) is 0 Å². The quantitative estimate of drug-likeness (QED) is 0.696. The van der Waals surface area contributed by atoms with Crippen LogP contribution in [0.5, 0.6) is 0 Å². The maximum atomic E-state index is 10.8. The third-order valence-electron chi connectivity index (χ3n) is 3.61. The lowest BCUT2D eigenvalue weighted by Gasteiger charge is -2.32. The lowest BCUT2D eigenvalue weighted by atomic mass is 9.72. The summed E-state index contributed by atoms with van der Waals surface area (Å²) >= 11 is 0. The van der Waals surface area contributed by atoms with Gasteiger partial charge in [0, 0.05) is 0 Å². The second-order valence-electron chi connectivity index (χ2n) is 4.48. The molecule has 1 aliphatic rings. The molecule has 0 radical (unpaired) electrons. The van der Waals surface area contributed by atoms with E-state index in [-0.39, 0.29) is 0 Å². The highest BCUT2D eigenvalue weighted by molar-refractivity contribution is 5.64. The molecular weight excluding hydrogens is 178 g/mol. The van der Waals surface area contributed by atoms with Gasteiger partial charge in [0.1, 0.15) is 5.60 Å². The number of nitrogens with zero attached hydrogens (tertiary/aromatic N) is 1. The van der Waals surface area contributed by atoms with E-state index in [9.17, 15) is 9.90 Å². The minimum atomic E-state index is -1.49. The average Bonchev–Trinajstić information content (AvgIpc) is 2.63. The summed E-state index contributed by atoms with van der Waals surface area (Å²) in [6.07, 6.45) is 3.74. The van der Waals surface area contributed by atoms with Crippen molar-refractivity contribution in [3.63, 3.8) is 0 Å². The molecule has 0 aromatic carbocycles. The number of carbonyl (C=O) groups excluding carboxylic acids is 1. The number of carbonyl (C=O) groups is 1. The maximum absolute atomic E-state index is 10.8. The van der Waals surface area contributed by atoms with E-state index in [0.29, 0.717) is 25.0 Å². The Balaban J connectivity index is 2.91. The van der Waals surface area contributed by atoms with E-state index in [0.717, 1.165) is 12.8 Å². The fraction of sp³-hybridized carbons (Fsp3) is 0.818. The number of hydrogen-bond acceptors (Lipinski definition) is 3. The van der Waals surface area contributed by atoms with Crippen LogP contribution < -0.4 is 0 Å². The molecular formula is C11H17NO2. The SMILES string of the molecule is CCC1CCC(C#N)(C(C)(O)C=O)C1. The average molecular weight is 195 g/mol. The third-order valence-corrected chi connectivity index (χ3v) is 3.61. The molecule has 0 heterocycles. The van der Waals surface area contributed by atoms with E-state index >= 15 is 0 Å². The molecule has 14 heavy (non-hydrogen) atoms. The summed E-state index contributed by atoms with van der Waals surface area (Å²) in [6, 6.07) is 2.15. The van der Waals surface area contributed by atoms with Gasteiger partial charge in [-0.1, -0.05) is 13.3 Å². The first kappa shape index (κ1) is 11.2. The van der Waals surface area contributed by atoms with Gasteiger partial charge < -0.3 is 9.90 Å². The minimum absolute atomic E-state index is 0.473. The van der Waals surface area contributed by atoms with E-state index < -0.39 is 11.0 Å². The van der Waals surface area contributed by atoms with Crippen LogP contribution in [0.2, 0.25) is 0 Å². The van der Waals surface area contributed by atoms with Gasteiger partial charge in [0.15, 0.2) is 6.29 Å². The molecule has 3 nitrogen and oxygen atoms in total. The fourth-order valence-electron chi connectivity index (χ4n) is 2.28. The smallest absolute Gasteiger partial charge is 0.152 e. The first-order valence-corrected chi connectivity index (χ1v) is 5.11. The Kier molecular flexibility index (Phi) is 2.96. The van der Waals surface area contributed by atoms with E-state index in [1.165, 1.54) is 6.92 Å². The topological polar surface area (TPSA) is 61.1 Å². The van der Waals surface area contributed by atoms with Gasteiger partial charge >= 0.3 is 0 Å². The highest BCUT2D eigenvalue weighted by atomic mass is 16.3. The predicted octanol–water partition coefficient (Wildman–Crippen LogP) is 1.66. The largest absolute Gasteiger partial charge is 0.381 e. The molecule has 0 aliphatic heterocycles. The molecule has 78 valence electrons. The van der Waals surface area contributed by atoms with Crippen molar-refractivity contribution in [2.24, 2.45) is 11.3 Å². The molecule has 0 amide bonds. The molecule has 1 N–H and O–H groups in total. The molecule has 0 aromatic heterocycles. The van der Waals surface area contributed by atoms with Crippen LogP contribution in [0, 0.1) is 22.7 Å². The van der Waals surface area contributed by atoms with Gasteiger partial charge in [-0.25, -0.2) is 0 Å². The predicted molar refractivity (Wildman–Crippen MR) is 52.4 cm³/mol. The fourth-order valence-corrected chi connectivity index (χ4v) is 2.28. The monoisotopic (exact) mass is 195 g/mol. The van der Waals surface area contributed by atoms with Crippen molar-refractivity contribution in [2.75, 3.05) is 0 Å². The summed E-state index contributed by atoms with van der Waals surface area (Å²) in [4.78, 5) is 10.8. The molecule has 3 unspecified atom stereocenters. The summed E-state index contributed by atoms with van der Waals surface area (Å²) in [5, 5.41) is 19.0. The number of nitriles is 1. The Labute approximate surface area is 84.7 Å². The second kappa shape index (κ2) is 3.70. The molecule has 1 rings (SSSR count). The van der Waals surface area contributed by atoms with Crippen LogP contribution >= 0.6 is 0 Å². The van der Waals surface area contributed by atoms with E-state index in [2.05, 4.69) is 13.0 Å². The van der Waals surface area contributed by atoms with Crippen molar-refractivity contribution in [3.05, 3.63) is 0 Å². The van der Waals surface area contributed by atoms with Crippen LogP contribution in [0.3, 0.4) is 0 Å². The number of hydrogen-bond donors (Lipinski definition) is 1. The Morgan fingerprint density at radius 1 is 1.79 bits per heavy atom. The van der Waals surface area contributed by atoms with Crippen molar-refractivity contribution in [1.29, 1.82) is 5.26 Å². The standard InChI is InChI=1S/C11H17NO2/c1-3-9-4-5-11(6-9,7-12)10(2,14)8-13/h8-9,14H,3-6H2,1-2H3. The normalized spacial score (nSPS) is 36.0. The molecule has 0 spiro atoms. The zero-order valence-corrected chi connectivity index (χ0v) is 8.79. The third kappa shape index (κ3) is 1.55. The van der Waals surface area contributed by atoms with Crippen LogP contribution in [0.1, 0.15) is 39.5 Å². The van der Waals surface area contributed by atoms with E-state index in [4.69, 9.17) is 5.26 Å². The van der Waals surface area contributed by atoms with E-state index in [1.807, 2.05) is 0 Å². The van der Waals surface area contributed by atoms with Crippen molar-refractivity contribution in [2.45, 2.75) is 45.1 Å². The summed E-state index contributed by atoms with van der Waals surface area (Å²) in [7, 11) is 0. The van der Waals surface area contributed by atoms with Crippen LogP contribution in [-0.2, 0) is 4.79 Å². The lowest BCUT2D eigenvalue weighted by Crippen LogP contribution is -2.45.